The van der Waals surface area contributed by atoms with Crippen molar-refractivity contribution in [2.24, 2.45) is 5.92 Å². The van der Waals surface area contributed by atoms with Gasteiger partial charge in [0.1, 0.15) is 0 Å². The number of benzene rings is 3. The van der Waals surface area contributed by atoms with Crippen LogP contribution in [0.5, 0.6) is 0 Å². The van der Waals surface area contributed by atoms with Gasteiger partial charge in [-0.25, -0.2) is 0 Å². The molecule has 0 saturated heterocycles. The lowest BCUT2D eigenvalue weighted by molar-refractivity contribution is -0.117. The minimum absolute atomic E-state index is 0.0107. The van der Waals surface area contributed by atoms with Gasteiger partial charge in [0.05, 0.1) is 11.3 Å². The minimum atomic E-state index is -0.495. The number of nitrogens with one attached hydrogen (secondary N) is 3. The number of carbonyl (C=O) groups excluding carboxylic acids is 3. The molecule has 0 bridgehead atoms. The summed E-state index contributed by atoms with van der Waals surface area (Å²) in [5.41, 5.74) is 8.04. The summed E-state index contributed by atoms with van der Waals surface area (Å²) in [5.74, 6) is -0.967. The second-order valence-corrected chi connectivity index (χ2v) is 7.74. The number of amides is 3. The number of hydrazine groups is 1. The summed E-state index contributed by atoms with van der Waals surface area (Å²) in [6.45, 7) is 3.80. The molecule has 1 aliphatic rings. The molecule has 3 aromatic rings. The van der Waals surface area contributed by atoms with Crippen molar-refractivity contribution in [1.29, 1.82) is 0 Å². The monoisotopic (exact) mass is 401 g/mol. The van der Waals surface area contributed by atoms with E-state index in [0.29, 0.717) is 16.8 Å². The van der Waals surface area contributed by atoms with E-state index in [9.17, 15) is 14.4 Å². The van der Waals surface area contributed by atoms with Crippen molar-refractivity contribution in [3.05, 3.63) is 76.9 Å². The van der Waals surface area contributed by atoms with Crippen LogP contribution in [0, 0.1) is 19.8 Å². The van der Waals surface area contributed by atoms with Crippen LogP contribution in [0.25, 0.3) is 10.8 Å². The highest BCUT2D eigenvalue weighted by Gasteiger charge is 2.30. The Kier molecular flexibility index (Phi) is 5.23. The molecule has 1 fully saturated rings. The normalized spacial score (nSPS) is 13.0. The van der Waals surface area contributed by atoms with Crippen LogP contribution in [-0.2, 0) is 4.79 Å². The van der Waals surface area contributed by atoms with Crippen molar-refractivity contribution < 1.29 is 14.4 Å². The van der Waals surface area contributed by atoms with Gasteiger partial charge in [-0.05, 0) is 61.2 Å². The maximum atomic E-state index is 12.9. The van der Waals surface area contributed by atoms with Crippen molar-refractivity contribution in [2.45, 2.75) is 26.7 Å². The summed E-state index contributed by atoms with van der Waals surface area (Å²) in [6.07, 6.45) is 1.74. The Bertz CT molecular complexity index is 1170. The molecular formula is C24H23N3O3. The van der Waals surface area contributed by atoms with E-state index < -0.39 is 11.8 Å². The second kappa shape index (κ2) is 7.99. The maximum Gasteiger partial charge on any atom is 0.271 e. The van der Waals surface area contributed by atoms with E-state index in [4.69, 9.17) is 0 Å². The molecule has 0 atom stereocenters. The Morgan fingerprint density at radius 1 is 0.800 bits per heavy atom. The van der Waals surface area contributed by atoms with Crippen LogP contribution >= 0.6 is 0 Å². The molecule has 1 aliphatic carbocycles. The van der Waals surface area contributed by atoms with Crippen LogP contribution < -0.4 is 16.2 Å². The van der Waals surface area contributed by atoms with E-state index in [-0.39, 0.29) is 11.8 Å². The average Bonchev–Trinajstić information content (AvgIpc) is 3.56. The molecule has 0 unspecified atom stereocenters. The van der Waals surface area contributed by atoms with E-state index in [1.807, 2.05) is 50.2 Å². The van der Waals surface area contributed by atoms with Gasteiger partial charge in [-0.15, -0.1) is 0 Å². The second-order valence-electron chi connectivity index (χ2n) is 7.74. The van der Waals surface area contributed by atoms with Crippen LogP contribution in [-0.4, -0.2) is 17.7 Å². The number of carbonyl (C=O) groups is 3. The largest absolute Gasteiger partial charge is 0.325 e. The molecule has 3 amide bonds. The Balaban J connectivity index is 1.56. The predicted octanol–water partition coefficient (Wildman–Crippen LogP) is 3.88. The zero-order chi connectivity index (χ0) is 21.3. The van der Waals surface area contributed by atoms with Gasteiger partial charge in [0, 0.05) is 11.5 Å². The fourth-order valence-corrected chi connectivity index (χ4v) is 3.43. The Labute approximate surface area is 174 Å². The molecular weight excluding hydrogens is 378 g/mol. The summed E-state index contributed by atoms with van der Waals surface area (Å²) < 4.78 is 0. The minimum Gasteiger partial charge on any atom is -0.325 e. The average molecular weight is 401 g/mol. The molecule has 6 heteroatoms. The van der Waals surface area contributed by atoms with E-state index in [1.54, 1.807) is 18.2 Å². The first-order valence-electron chi connectivity index (χ1n) is 9.94. The fourth-order valence-electron chi connectivity index (χ4n) is 3.43. The van der Waals surface area contributed by atoms with E-state index >= 15 is 0 Å². The number of fused-ring (bicyclic) bond motifs is 1. The Morgan fingerprint density at radius 2 is 1.43 bits per heavy atom. The third kappa shape index (κ3) is 4.17. The van der Waals surface area contributed by atoms with Crippen molar-refractivity contribution in [1.82, 2.24) is 10.9 Å². The number of aryl methyl sites for hydroxylation is 2. The summed E-state index contributed by atoms with van der Waals surface area (Å²) in [4.78, 5) is 37.7. The van der Waals surface area contributed by atoms with Crippen LogP contribution in [0.15, 0.2) is 54.6 Å². The highest BCUT2D eigenvalue weighted by atomic mass is 16.2. The summed E-state index contributed by atoms with van der Waals surface area (Å²) in [5, 5.41) is 4.65. The number of hydrogen-bond donors (Lipinski definition) is 3. The van der Waals surface area contributed by atoms with Crippen molar-refractivity contribution in [3.63, 3.8) is 0 Å². The summed E-state index contributed by atoms with van der Waals surface area (Å²) >= 11 is 0. The van der Waals surface area contributed by atoms with Crippen molar-refractivity contribution in [3.8, 4) is 0 Å². The molecule has 0 heterocycles. The summed E-state index contributed by atoms with van der Waals surface area (Å²) in [6, 6.07) is 16.6. The molecule has 30 heavy (non-hydrogen) atoms. The van der Waals surface area contributed by atoms with Crippen LogP contribution in [0.1, 0.15) is 44.7 Å². The molecule has 3 N–H and O–H groups in total. The van der Waals surface area contributed by atoms with Crippen LogP contribution in [0.4, 0.5) is 5.69 Å². The predicted molar refractivity (Wildman–Crippen MR) is 116 cm³/mol. The first-order valence-corrected chi connectivity index (χ1v) is 9.94. The molecule has 0 spiro atoms. The van der Waals surface area contributed by atoms with Crippen molar-refractivity contribution in [2.75, 3.05) is 5.32 Å². The summed E-state index contributed by atoms with van der Waals surface area (Å²) in [7, 11) is 0. The SMILES string of the molecule is Cc1ccc(C(=O)NNC(=O)c2cc3ccccc3cc2NC(=O)C2CC2)c(C)c1. The van der Waals surface area contributed by atoms with Gasteiger partial charge >= 0.3 is 0 Å². The third-order valence-electron chi connectivity index (χ3n) is 5.25. The Hall–Kier alpha value is -3.67. The molecule has 6 nitrogen and oxygen atoms in total. The standard InChI is InChI=1S/C24H23N3O3/c1-14-7-10-19(15(2)11-14)23(29)26-27-24(30)20-12-17-5-3-4-6-18(17)13-21(20)25-22(28)16-8-9-16/h3-7,10-13,16H,8-9H2,1-2H3,(H,25,28)(H,26,29)(H,27,30). The quantitative estimate of drug-likeness (QED) is 0.580. The lowest BCUT2D eigenvalue weighted by atomic mass is 10.0. The van der Waals surface area contributed by atoms with Gasteiger partial charge in [-0.3, -0.25) is 25.2 Å². The van der Waals surface area contributed by atoms with Crippen LogP contribution in [0.2, 0.25) is 0 Å². The van der Waals surface area contributed by atoms with Gasteiger partial charge in [0.2, 0.25) is 5.91 Å². The molecule has 0 aromatic heterocycles. The Morgan fingerprint density at radius 3 is 2.07 bits per heavy atom. The number of hydrogen-bond acceptors (Lipinski definition) is 3. The van der Waals surface area contributed by atoms with E-state index in [0.717, 1.165) is 34.7 Å². The van der Waals surface area contributed by atoms with Gasteiger partial charge in [-0.2, -0.15) is 0 Å². The smallest absolute Gasteiger partial charge is 0.271 e. The van der Waals surface area contributed by atoms with Gasteiger partial charge in [-0.1, -0.05) is 42.0 Å². The zero-order valence-electron chi connectivity index (χ0n) is 16.9. The molecule has 0 aliphatic heterocycles. The van der Waals surface area contributed by atoms with Crippen LogP contribution in [0.3, 0.4) is 0 Å². The first kappa shape index (κ1) is 19.6. The topological polar surface area (TPSA) is 87.3 Å². The lowest BCUT2D eigenvalue weighted by Crippen LogP contribution is -2.42. The zero-order valence-corrected chi connectivity index (χ0v) is 16.9. The number of rotatable bonds is 4. The van der Waals surface area contributed by atoms with Crippen molar-refractivity contribution >= 4 is 34.2 Å². The highest BCUT2D eigenvalue weighted by molar-refractivity contribution is 6.09. The van der Waals surface area contributed by atoms with E-state index in [1.165, 1.54) is 0 Å². The molecule has 3 aromatic carbocycles. The van der Waals surface area contributed by atoms with Gasteiger partial charge < -0.3 is 5.32 Å². The third-order valence-corrected chi connectivity index (χ3v) is 5.25. The first-order chi connectivity index (χ1) is 14.4. The van der Waals surface area contributed by atoms with Gasteiger partial charge in [0.15, 0.2) is 0 Å². The molecule has 1 saturated carbocycles. The molecule has 0 radical (unpaired) electrons. The van der Waals surface area contributed by atoms with E-state index in [2.05, 4.69) is 16.2 Å². The molecule has 4 rings (SSSR count). The van der Waals surface area contributed by atoms with Gasteiger partial charge in [0.25, 0.3) is 11.8 Å². The molecule has 152 valence electrons. The maximum absolute atomic E-state index is 12.9. The number of anilines is 1. The fraction of sp³-hybridized carbons (Fsp3) is 0.208. The lowest BCUT2D eigenvalue weighted by Gasteiger charge is -2.14. The highest BCUT2D eigenvalue weighted by Crippen LogP contribution is 2.32.